The third-order valence-electron chi connectivity index (χ3n) is 4.10. The normalized spacial score (nSPS) is 10.1. The van der Waals surface area contributed by atoms with E-state index in [-0.39, 0.29) is 17.9 Å². The fourth-order valence-corrected chi connectivity index (χ4v) is 2.68. The first kappa shape index (κ1) is 21.9. The first-order valence-electron chi connectivity index (χ1n) is 9.15. The number of ether oxygens (including phenoxy) is 1. The van der Waals surface area contributed by atoms with Gasteiger partial charge in [-0.3, -0.25) is 29.8 Å². The number of nitrogens with zero attached hydrogens (tertiary/aromatic N) is 2. The minimum absolute atomic E-state index is 0.224. The predicted octanol–water partition coefficient (Wildman–Crippen LogP) is 3.77. The van der Waals surface area contributed by atoms with Gasteiger partial charge in [0.1, 0.15) is 5.75 Å². The van der Waals surface area contributed by atoms with Gasteiger partial charge in [-0.15, -0.1) is 0 Å². The van der Waals surface area contributed by atoms with Crippen molar-refractivity contribution in [3.63, 3.8) is 0 Å². The molecule has 0 aromatic heterocycles. The van der Waals surface area contributed by atoms with Crippen LogP contribution in [0.1, 0.15) is 10.4 Å². The smallest absolute Gasteiger partial charge is 0.277 e. The number of nitro benzene ring substituents is 2. The molecule has 0 unspecified atom stereocenters. The second-order valence-electron chi connectivity index (χ2n) is 6.44. The van der Waals surface area contributed by atoms with Crippen LogP contribution in [0.5, 0.6) is 5.75 Å². The Labute approximate surface area is 180 Å². The van der Waals surface area contributed by atoms with E-state index in [9.17, 15) is 29.8 Å². The summed E-state index contributed by atoms with van der Waals surface area (Å²) in [5.41, 5.74) is -0.774. The van der Waals surface area contributed by atoms with Crippen molar-refractivity contribution in [2.45, 2.75) is 0 Å². The van der Waals surface area contributed by atoms with Crippen molar-refractivity contribution in [2.75, 3.05) is 17.2 Å². The summed E-state index contributed by atoms with van der Waals surface area (Å²) in [5, 5.41) is 27.1. The lowest BCUT2D eigenvalue weighted by atomic mass is 10.1. The minimum atomic E-state index is -0.822. The SMILES string of the molecule is O=C(COc1ccccc1)Nc1cccc(NC(=O)c2cc([N+](=O)[O-])cc([N+](=O)[O-])c2)c1. The second-order valence-corrected chi connectivity index (χ2v) is 6.44. The minimum Gasteiger partial charge on any atom is -0.484 e. The number of rotatable bonds is 8. The van der Waals surface area contributed by atoms with E-state index in [2.05, 4.69) is 10.6 Å². The summed E-state index contributed by atoms with van der Waals surface area (Å²) in [4.78, 5) is 44.9. The van der Waals surface area contributed by atoms with E-state index >= 15 is 0 Å². The maximum absolute atomic E-state index is 12.5. The molecule has 0 spiro atoms. The molecule has 3 rings (SSSR count). The van der Waals surface area contributed by atoms with Gasteiger partial charge in [0, 0.05) is 23.5 Å². The molecule has 2 N–H and O–H groups in total. The van der Waals surface area contributed by atoms with Gasteiger partial charge in [-0.05, 0) is 30.3 Å². The molecule has 2 amide bonds. The second kappa shape index (κ2) is 9.80. The van der Waals surface area contributed by atoms with Crippen molar-refractivity contribution in [1.29, 1.82) is 0 Å². The molecule has 3 aromatic rings. The van der Waals surface area contributed by atoms with Gasteiger partial charge in [0.15, 0.2) is 6.61 Å². The molecule has 32 heavy (non-hydrogen) atoms. The predicted molar refractivity (Wildman–Crippen MR) is 115 cm³/mol. The Morgan fingerprint density at radius 3 is 1.97 bits per heavy atom. The Morgan fingerprint density at radius 1 is 0.781 bits per heavy atom. The fraction of sp³-hybridized carbons (Fsp3) is 0.0476. The van der Waals surface area contributed by atoms with Crippen LogP contribution in [0, 0.1) is 20.2 Å². The number of carbonyl (C=O) groups excluding carboxylic acids is 2. The van der Waals surface area contributed by atoms with Gasteiger partial charge in [0.25, 0.3) is 23.2 Å². The number of para-hydroxylation sites is 1. The molecule has 11 nitrogen and oxygen atoms in total. The van der Waals surface area contributed by atoms with E-state index in [1.54, 1.807) is 36.4 Å². The number of non-ortho nitro benzene ring substituents is 2. The highest BCUT2D eigenvalue weighted by Gasteiger charge is 2.20. The summed E-state index contributed by atoms with van der Waals surface area (Å²) < 4.78 is 5.36. The van der Waals surface area contributed by atoms with E-state index in [1.165, 1.54) is 12.1 Å². The number of anilines is 2. The van der Waals surface area contributed by atoms with E-state index < -0.39 is 33.0 Å². The van der Waals surface area contributed by atoms with Crippen molar-refractivity contribution in [3.05, 3.63) is 98.6 Å². The molecule has 0 aliphatic carbocycles. The van der Waals surface area contributed by atoms with Crippen molar-refractivity contribution in [2.24, 2.45) is 0 Å². The Kier molecular flexibility index (Phi) is 6.71. The van der Waals surface area contributed by atoms with Crippen molar-refractivity contribution >= 4 is 34.6 Å². The highest BCUT2D eigenvalue weighted by molar-refractivity contribution is 6.05. The zero-order chi connectivity index (χ0) is 23.1. The first-order chi connectivity index (χ1) is 15.3. The Balaban J connectivity index is 1.68. The van der Waals surface area contributed by atoms with Gasteiger partial charge in [-0.1, -0.05) is 24.3 Å². The standard InChI is InChI=1S/C21H16N4O7/c26-20(13-32-19-7-2-1-3-8-19)22-15-5-4-6-16(11-15)23-21(27)14-9-17(24(28)29)12-18(10-14)25(30)31/h1-12H,13H2,(H,22,26)(H,23,27). The van der Waals surface area contributed by atoms with Gasteiger partial charge in [0.05, 0.1) is 21.5 Å². The monoisotopic (exact) mass is 436 g/mol. The number of amides is 2. The highest BCUT2D eigenvalue weighted by atomic mass is 16.6. The van der Waals surface area contributed by atoms with E-state index in [0.717, 1.165) is 18.2 Å². The topological polar surface area (TPSA) is 154 Å². The summed E-state index contributed by atoms with van der Waals surface area (Å²) in [5.74, 6) is -0.672. The van der Waals surface area contributed by atoms with Crippen LogP contribution in [-0.2, 0) is 4.79 Å². The summed E-state index contributed by atoms with van der Waals surface area (Å²) in [6.07, 6.45) is 0. The summed E-state index contributed by atoms with van der Waals surface area (Å²) in [7, 11) is 0. The average molecular weight is 436 g/mol. The van der Waals surface area contributed by atoms with Crippen LogP contribution in [0.15, 0.2) is 72.8 Å². The number of nitro groups is 2. The fourth-order valence-electron chi connectivity index (χ4n) is 2.68. The van der Waals surface area contributed by atoms with Gasteiger partial charge in [-0.25, -0.2) is 0 Å². The summed E-state index contributed by atoms with van der Waals surface area (Å²) in [6.45, 7) is -0.224. The van der Waals surface area contributed by atoms with Crippen LogP contribution in [-0.4, -0.2) is 28.3 Å². The number of nitrogens with one attached hydrogen (secondary N) is 2. The zero-order valence-electron chi connectivity index (χ0n) is 16.4. The molecule has 0 aliphatic rings. The third-order valence-corrected chi connectivity index (χ3v) is 4.10. The summed E-state index contributed by atoms with van der Waals surface area (Å²) >= 11 is 0. The maximum Gasteiger partial charge on any atom is 0.277 e. The van der Waals surface area contributed by atoms with Crippen molar-refractivity contribution in [1.82, 2.24) is 0 Å². The highest BCUT2D eigenvalue weighted by Crippen LogP contribution is 2.24. The van der Waals surface area contributed by atoms with Crippen LogP contribution in [0.25, 0.3) is 0 Å². The van der Waals surface area contributed by atoms with Crippen LogP contribution >= 0.6 is 0 Å². The van der Waals surface area contributed by atoms with Gasteiger partial charge in [-0.2, -0.15) is 0 Å². The quantitative estimate of drug-likeness (QED) is 0.402. The first-order valence-corrected chi connectivity index (χ1v) is 9.15. The van der Waals surface area contributed by atoms with E-state index in [0.29, 0.717) is 11.4 Å². The number of carbonyl (C=O) groups is 2. The molecule has 0 atom stereocenters. The van der Waals surface area contributed by atoms with Crippen LogP contribution in [0.2, 0.25) is 0 Å². The lowest BCUT2D eigenvalue weighted by Crippen LogP contribution is -2.20. The molecular weight excluding hydrogens is 420 g/mol. The van der Waals surface area contributed by atoms with Crippen LogP contribution in [0.4, 0.5) is 22.7 Å². The molecule has 11 heteroatoms. The molecule has 0 saturated carbocycles. The number of benzene rings is 3. The zero-order valence-corrected chi connectivity index (χ0v) is 16.4. The molecule has 0 fully saturated rings. The van der Waals surface area contributed by atoms with Crippen molar-refractivity contribution in [3.8, 4) is 5.75 Å². The van der Waals surface area contributed by atoms with Gasteiger partial charge >= 0.3 is 0 Å². The molecule has 0 bridgehead atoms. The molecule has 0 heterocycles. The Morgan fingerprint density at radius 2 is 1.38 bits per heavy atom. The van der Waals surface area contributed by atoms with Gasteiger partial charge in [0.2, 0.25) is 0 Å². The number of hydrogen-bond donors (Lipinski definition) is 2. The Bertz CT molecular complexity index is 1150. The van der Waals surface area contributed by atoms with Crippen LogP contribution < -0.4 is 15.4 Å². The molecule has 0 radical (unpaired) electrons. The van der Waals surface area contributed by atoms with Crippen LogP contribution in [0.3, 0.4) is 0 Å². The molecular formula is C21H16N4O7. The molecule has 162 valence electrons. The molecule has 0 aliphatic heterocycles. The lowest BCUT2D eigenvalue weighted by Gasteiger charge is -2.10. The van der Waals surface area contributed by atoms with Gasteiger partial charge < -0.3 is 15.4 Å². The Hall–Kier alpha value is -4.80. The third kappa shape index (κ3) is 5.86. The van der Waals surface area contributed by atoms with E-state index in [4.69, 9.17) is 4.74 Å². The lowest BCUT2D eigenvalue weighted by molar-refractivity contribution is -0.394. The molecule has 3 aromatic carbocycles. The number of hydrogen-bond acceptors (Lipinski definition) is 7. The summed E-state index contributed by atoms with van der Waals surface area (Å²) in [6, 6.07) is 17.6. The largest absolute Gasteiger partial charge is 0.484 e. The van der Waals surface area contributed by atoms with E-state index in [1.807, 2.05) is 6.07 Å². The van der Waals surface area contributed by atoms with Crippen molar-refractivity contribution < 1.29 is 24.2 Å². The maximum atomic E-state index is 12.5. The molecule has 0 saturated heterocycles. The average Bonchev–Trinajstić information content (AvgIpc) is 2.78.